The number of esters is 3. The summed E-state index contributed by atoms with van der Waals surface area (Å²) in [6, 6.07) is 0. The van der Waals surface area contributed by atoms with Crippen LogP contribution in [0.2, 0.25) is 0 Å². The van der Waals surface area contributed by atoms with Gasteiger partial charge in [-0.2, -0.15) is 0 Å². The van der Waals surface area contributed by atoms with Crippen molar-refractivity contribution in [3.63, 3.8) is 0 Å². The second-order valence-corrected chi connectivity index (χ2v) is 22.6. The molecule has 6 nitrogen and oxygen atoms in total. The zero-order chi connectivity index (χ0) is 50.4. The SMILES string of the molecule is CCCCCCCCCCCCCCCCCCCCC(=O)O[C@H](COC(=O)CCCCCCCCCCCCCCCCC(C)C)COC(=O)CCCCCCCCCCCCCCCC(C)C. The molecule has 410 valence electrons. The van der Waals surface area contributed by atoms with E-state index in [1.165, 1.54) is 244 Å². The molecule has 0 aromatic carbocycles. The predicted molar refractivity (Wildman–Crippen MR) is 298 cm³/mol. The molecule has 6 heteroatoms. The maximum Gasteiger partial charge on any atom is 0.306 e. The highest BCUT2D eigenvalue weighted by Crippen LogP contribution is 2.19. The summed E-state index contributed by atoms with van der Waals surface area (Å²) >= 11 is 0. The summed E-state index contributed by atoms with van der Waals surface area (Å²) in [7, 11) is 0. The Hall–Kier alpha value is -1.59. The van der Waals surface area contributed by atoms with Crippen LogP contribution >= 0.6 is 0 Å². The quantitative estimate of drug-likeness (QED) is 0.0343. The van der Waals surface area contributed by atoms with E-state index in [-0.39, 0.29) is 31.1 Å². The maximum absolute atomic E-state index is 12.9. The van der Waals surface area contributed by atoms with Gasteiger partial charge < -0.3 is 14.2 Å². The second kappa shape index (κ2) is 55.7. The van der Waals surface area contributed by atoms with Gasteiger partial charge in [0.15, 0.2) is 6.10 Å². The minimum absolute atomic E-state index is 0.0621. The first kappa shape index (κ1) is 67.4. The number of carbonyl (C=O) groups excluding carboxylic acids is 3. The highest BCUT2D eigenvalue weighted by molar-refractivity contribution is 5.71. The van der Waals surface area contributed by atoms with Crippen LogP contribution in [0.5, 0.6) is 0 Å². The van der Waals surface area contributed by atoms with E-state index < -0.39 is 6.10 Å². The third kappa shape index (κ3) is 57.2. The molecule has 0 aromatic heterocycles. The third-order valence-corrected chi connectivity index (χ3v) is 14.5. The molecule has 0 amide bonds. The Labute approximate surface area is 431 Å². The zero-order valence-electron chi connectivity index (χ0n) is 47.5. The number of rotatable bonds is 57. The van der Waals surface area contributed by atoms with Crippen molar-refractivity contribution in [1.82, 2.24) is 0 Å². The Bertz CT molecular complexity index is 1060. The molecule has 0 aliphatic carbocycles. The third-order valence-electron chi connectivity index (χ3n) is 14.5. The lowest BCUT2D eigenvalue weighted by molar-refractivity contribution is -0.167. The maximum atomic E-state index is 12.9. The van der Waals surface area contributed by atoms with Gasteiger partial charge >= 0.3 is 17.9 Å². The molecule has 0 fully saturated rings. The van der Waals surface area contributed by atoms with Gasteiger partial charge in [0.1, 0.15) is 13.2 Å². The number of unbranched alkanes of at least 4 members (excludes halogenated alkanes) is 42. The van der Waals surface area contributed by atoms with Gasteiger partial charge in [-0.1, -0.05) is 317 Å². The van der Waals surface area contributed by atoms with E-state index in [1.807, 2.05) is 0 Å². The summed E-state index contributed by atoms with van der Waals surface area (Å²) < 4.78 is 16.9. The number of hydrogen-bond acceptors (Lipinski definition) is 6. The first-order valence-corrected chi connectivity index (χ1v) is 31.2. The molecule has 0 spiro atoms. The molecule has 0 bridgehead atoms. The Morgan fingerprint density at radius 2 is 0.478 bits per heavy atom. The van der Waals surface area contributed by atoms with Crippen LogP contribution in [-0.4, -0.2) is 37.2 Å². The summed E-state index contributed by atoms with van der Waals surface area (Å²) in [5, 5.41) is 0. The van der Waals surface area contributed by atoms with Crippen LogP contribution in [0.1, 0.15) is 356 Å². The minimum atomic E-state index is -0.763. The average Bonchev–Trinajstić information content (AvgIpc) is 3.32. The first-order valence-electron chi connectivity index (χ1n) is 31.2. The highest BCUT2D eigenvalue weighted by atomic mass is 16.6. The summed E-state index contributed by atoms with van der Waals surface area (Å²) in [4.78, 5) is 38.3. The lowest BCUT2D eigenvalue weighted by Crippen LogP contribution is -2.30. The van der Waals surface area contributed by atoms with Crippen molar-refractivity contribution in [2.45, 2.75) is 362 Å². The van der Waals surface area contributed by atoms with Gasteiger partial charge in [-0.05, 0) is 31.1 Å². The van der Waals surface area contributed by atoms with Gasteiger partial charge in [-0.15, -0.1) is 0 Å². The standard InChI is InChI=1S/C63H122O6/c1-6-7-8-9-10-11-12-13-14-15-16-17-24-30-35-40-45-50-55-63(66)69-60(57-68-62(65)54-49-44-39-34-29-25-20-22-27-32-37-42-47-52-59(4)5)56-67-61(64)53-48-43-38-33-28-23-19-18-21-26-31-36-41-46-51-58(2)3/h58-60H,6-57H2,1-5H3/t60-/m1/s1. The van der Waals surface area contributed by atoms with Gasteiger partial charge in [0.05, 0.1) is 0 Å². The Morgan fingerprint density at radius 3 is 0.710 bits per heavy atom. The monoisotopic (exact) mass is 975 g/mol. The smallest absolute Gasteiger partial charge is 0.306 e. The summed E-state index contributed by atoms with van der Waals surface area (Å²) in [5.74, 6) is 0.852. The van der Waals surface area contributed by atoms with Crippen molar-refractivity contribution < 1.29 is 28.6 Å². The van der Waals surface area contributed by atoms with Gasteiger partial charge in [0.25, 0.3) is 0 Å². The molecule has 0 aliphatic heterocycles. The molecule has 1 atom stereocenters. The Morgan fingerprint density at radius 1 is 0.275 bits per heavy atom. The van der Waals surface area contributed by atoms with Gasteiger partial charge in [-0.3, -0.25) is 14.4 Å². The van der Waals surface area contributed by atoms with Crippen molar-refractivity contribution in [2.75, 3.05) is 13.2 Å². The first-order chi connectivity index (χ1) is 33.7. The van der Waals surface area contributed by atoms with E-state index >= 15 is 0 Å². The van der Waals surface area contributed by atoms with E-state index in [0.717, 1.165) is 69.6 Å². The van der Waals surface area contributed by atoms with Gasteiger partial charge in [0, 0.05) is 19.3 Å². The van der Waals surface area contributed by atoms with Crippen LogP contribution in [0.4, 0.5) is 0 Å². The minimum Gasteiger partial charge on any atom is -0.462 e. The Kier molecular flexibility index (Phi) is 54.4. The van der Waals surface area contributed by atoms with E-state index in [4.69, 9.17) is 14.2 Å². The average molecular weight is 976 g/mol. The lowest BCUT2D eigenvalue weighted by atomic mass is 10.0. The molecule has 0 heterocycles. The number of hydrogen-bond donors (Lipinski definition) is 0. The van der Waals surface area contributed by atoms with Crippen LogP contribution in [0, 0.1) is 11.8 Å². The van der Waals surface area contributed by atoms with Crippen molar-refractivity contribution in [3.8, 4) is 0 Å². The molecule has 0 saturated carbocycles. The molecule has 0 aliphatic rings. The second-order valence-electron chi connectivity index (χ2n) is 22.6. The Balaban J connectivity index is 4.29. The molecule has 0 radical (unpaired) electrons. The molecule has 69 heavy (non-hydrogen) atoms. The van der Waals surface area contributed by atoms with Crippen LogP contribution in [0.25, 0.3) is 0 Å². The summed E-state index contributed by atoms with van der Waals surface area (Å²) in [5.41, 5.74) is 0. The van der Waals surface area contributed by atoms with E-state index in [1.54, 1.807) is 0 Å². The molecule has 0 rings (SSSR count). The van der Waals surface area contributed by atoms with E-state index in [0.29, 0.717) is 19.3 Å². The summed E-state index contributed by atoms with van der Waals surface area (Å²) in [6.45, 7) is 11.4. The fourth-order valence-electron chi connectivity index (χ4n) is 9.76. The topological polar surface area (TPSA) is 78.9 Å². The van der Waals surface area contributed by atoms with E-state index in [2.05, 4.69) is 34.6 Å². The molecule has 0 unspecified atom stereocenters. The fraction of sp³-hybridized carbons (Fsp3) is 0.952. The van der Waals surface area contributed by atoms with Crippen LogP contribution < -0.4 is 0 Å². The van der Waals surface area contributed by atoms with Gasteiger partial charge in [-0.25, -0.2) is 0 Å². The summed E-state index contributed by atoms with van der Waals surface area (Å²) in [6.07, 6.45) is 61.0. The largest absolute Gasteiger partial charge is 0.462 e. The van der Waals surface area contributed by atoms with Crippen molar-refractivity contribution in [1.29, 1.82) is 0 Å². The number of carbonyl (C=O) groups is 3. The molecule has 0 N–H and O–H groups in total. The van der Waals surface area contributed by atoms with Crippen molar-refractivity contribution >= 4 is 17.9 Å². The lowest BCUT2D eigenvalue weighted by Gasteiger charge is -2.18. The molecule has 0 aromatic rings. The normalized spacial score (nSPS) is 12.0. The molecule has 0 saturated heterocycles. The van der Waals surface area contributed by atoms with Crippen molar-refractivity contribution in [3.05, 3.63) is 0 Å². The highest BCUT2D eigenvalue weighted by Gasteiger charge is 2.19. The molecular formula is C63H122O6. The van der Waals surface area contributed by atoms with Crippen LogP contribution in [0.15, 0.2) is 0 Å². The van der Waals surface area contributed by atoms with Crippen molar-refractivity contribution in [2.24, 2.45) is 11.8 Å². The number of ether oxygens (including phenoxy) is 3. The van der Waals surface area contributed by atoms with E-state index in [9.17, 15) is 14.4 Å². The van der Waals surface area contributed by atoms with Gasteiger partial charge in [0.2, 0.25) is 0 Å². The molecular weight excluding hydrogens is 853 g/mol. The predicted octanol–water partition coefficient (Wildman–Crippen LogP) is 20.8. The fourth-order valence-corrected chi connectivity index (χ4v) is 9.76. The zero-order valence-corrected chi connectivity index (χ0v) is 47.5. The van der Waals surface area contributed by atoms with Crippen LogP contribution in [-0.2, 0) is 28.6 Å². The van der Waals surface area contributed by atoms with Crippen LogP contribution in [0.3, 0.4) is 0 Å².